The van der Waals surface area contributed by atoms with Crippen LogP contribution in [0.15, 0.2) is 78.9 Å². The molecule has 3 N–H and O–H groups in total. The van der Waals surface area contributed by atoms with Gasteiger partial charge in [0.05, 0.1) is 6.04 Å². The van der Waals surface area contributed by atoms with E-state index in [-0.39, 0.29) is 29.6 Å². The van der Waals surface area contributed by atoms with E-state index in [1.807, 2.05) is 18.2 Å². The van der Waals surface area contributed by atoms with Gasteiger partial charge in [0, 0.05) is 6.04 Å². The van der Waals surface area contributed by atoms with Crippen molar-refractivity contribution < 1.29 is 17.9 Å². The molecule has 0 radical (unpaired) electrons. The zero-order valence-electron chi connectivity index (χ0n) is 22.3. The fourth-order valence-corrected chi connectivity index (χ4v) is 5.85. The molecule has 2 saturated heterocycles. The Morgan fingerprint density at radius 2 is 1.54 bits per heavy atom. The smallest absolute Gasteiger partial charge is 0.246 e. The standard InChI is InChI=1S/C21H31N3O4S.C10H8/c25-20(15-28-21(29(26)27)18-10-4-5-12-23-18)24-19(17-9-6-11-22-14-17)13-16-7-2-1-3-8-16;1-2-6-10-8-4-3-7-9(10)5-1/h1-3,7-8,17-19,22-23H,4-6,9-15H2,(H,24,25);1-8H. The third kappa shape index (κ3) is 9.28. The van der Waals surface area contributed by atoms with Gasteiger partial charge in [-0.3, -0.25) is 4.79 Å². The van der Waals surface area contributed by atoms with Gasteiger partial charge in [0.1, 0.15) is 6.61 Å². The number of hydrogen-bond donors (Lipinski definition) is 3. The van der Waals surface area contributed by atoms with Crippen molar-refractivity contribution in [3.8, 4) is 0 Å². The van der Waals surface area contributed by atoms with Crippen molar-refractivity contribution in [1.29, 1.82) is 0 Å². The monoisotopic (exact) mass is 549 g/mol. The normalized spacial score (nSPS) is 19.8. The molecule has 7 nitrogen and oxygen atoms in total. The highest BCUT2D eigenvalue weighted by Gasteiger charge is 2.26. The summed E-state index contributed by atoms with van der Waals surface area (Å²) in [6.45, 7) is 2.35. The maximum atomic E-state index is 12.6. The summed E-state index contributed by atoms with van der Waals surface area (Å²) in [4.78, 5) is 12.6. The summed E-state index contributed by atoms with van der Waals surface area (Å²) in [6.07, 6.45) is 5.55. The minimum absolute atomic E-state index is 0.0182. The highest BCUT2D eigenvalue weighted by atomic mass is 32.2. The maximum absolute atomic E-state index is 12.6. The Hall–Kier alpha value is -3.04. The topological polar surface area (TPSA) is 96.5 Å². The molecular weight excluding hydrogens is 510 g/mol. The average Bonchev–Trinajstić information content (AvgIpc) is 2.99. The first-order chi connectivity index (χ1) is 19.1. The lowest BCUT2D eigenvalue weighted by atomic mass is 9.87. The molecule has 0 aromatic heterocycles. The van der Waals surface area contributed by atoms with Crippen LogP contribution in [0.4, 0.5) is 0 Å². The van der Waals surface area contributed by atoms with E-state index in [0.717, 1.165) is 51.7 Å². The number of nitrogens with one attached hydrogen (secondary N) is 3. The van der Waals surface area contributed by atoms with Crippen LogP contribution >= 0.6 is 0 Å². The van der Waals surface area contributed by atoms with E-state index in [0.29, 0.717) is 12.3 Å². The molecule has 39 heavy (non-hydrogen) atoms. The molecule has 0 saturated carbocycles. The van der Waals surface area contributed by atoms with E-state index in [1.165, 1.54) is 16.3 Å². The van der Waals surface area contributed by atoms with Gasteiger partial charge in [-0.05, 0) is 74.0 Å². The van der Waals surface area contributed by atoms with Crippen LogP contribution in [-0.4, -0.2) is 57.7 Å². The van der Waals surface area contributed by atoms with Crippen LogP contribution < -0.4 is 16.0 Å². The first-order valence-corrected chi connectivity index (χ1v) is 15.0. The highest BCUT2D eigenvalue weighted by Crippen LogP contribution is 2.18. The Morgan fingerprint density at radius 1 is 0.872 bits per heavy atom. The summed E-state index contributed by atoms with van der Waals surface area (Å²) in [5.41, 5.74) is 1.17. The Morgan fingerprint density at radius 3 is 2.10 bits per heavy atom. The third-order valence-corrected chi connectivity index (χ3v) is 8.04. The minimum Gasteiger partial charge on any atom is -0.351 e. The van der Waals surface area contributed by atoms with Gasteiger partial charge < -0.3 is 20.7 Å². The van der Waals surface area contributed by atoms with Gasteiger partial charge in [0.15, 0.2) is 5.05 Å². The van der Waals surface area contributed by atoms with Crippen LogP contribution in [0.25, 0.3) is 10.8 Å². The van der Waals surface area contributed by atoms with E-state index in [4.69, 9.17) is 4.74 Å². The van der Waals surface area contributed by atoms with Crippen LogP contribution in [-0.2, 0) is 26.2 Å². The molecule has 2 heterocycles. The molecule has 0 bridgehead atoms. The van der Waals surface area contributed by atoms with Crippen LogP contribution in [0.5, 0.6) is 0 Å². The molecule has 208 valence electrons. The Kier molecular flexibility index (Phi) is 11.5. The quantitative estimate of drug-likeness (QED) is 0.389. The van der Waals surface area contributed by atoms with E-state index in [1.54, 1.807) is 0 Å². The lowest BCUT2D eigenvalue weighted by Crippen LogP contribution is -2.49. The molecule has 3 aromatic carbocycles. The lowest BCUT2D eigenvalue weighted by Gasteiger charge is -2.31. The van der Waals surface area contributed by atoms with Crippen molar-refractivity contribution in [1.82, 2.24) is 16.0 Å². The zero-order valence-corrected chi connectivity index (χ0v) is 23.2. The molecule has 5 rings (SSSR count). The number of carbonyl (C=O) groups is 1. The number of amides is 1. The predicted octanol–water partition coefficient (Wildman–Crippen LogP) is 3.72. The fourth-order valence-electron chi connectivity index (χ4n) is 5.26. The lowest BCUT2D eigenvalue weighted by molar-refractivity contribution is -0.124. The van der Waals surface area contributed by atoms with Gasteiger partial charge in [-0.1, -0.05) is 85.3 Å². The van der Waals surface area contributed by atoms with Gasteiger partial charge >= 0.3 is 0 Å². The first kappa shape index (κ1) is 29.0. The van der Waals surface area contributed by atoms with Crippen LogP contribution in [0.3, 0.4) is 0 Å². The summed E-state index contributed by atoms with van der Waals surface area (Å²) in [5.74, 6) is 0.0558. The fraction of sp³-hybridized carbons (Fsp3) is 0.419. The van der Waals surface area contributed by atoms with E-state index < -0.39 is 10.3 Å². The number of fused-ring (bicyclic) bond motifs is 1. The van der Waals surface area contributed by atoms with Gasteiger partial charge in [-0.15, -0.1) is 0 Å². The van der Waals surface area contributed by atoms with Crippen molar-refractivity contribution in [2.75, 3.05) is 26.2 Å². The Bertz CT molecular complexity index is 1240. The molecule has 2 aliphatic rings. The van der Waals surface area contributed by atoms with E-state index in [9.17, 15) is 13.2 Å². The Balaban J connectivity index is 0.000000292. The van der Waals surface area contributed by atoms with E-state index in [2.05, 4.69) is 76.6 Å². The van der Waals surface area contributed by atoms with Crippen molar-refractivity contribution in [2.45, 2.75) is 50.6 Å². The summed E-state index contributed by atoms with van der Waals surface area (Å²) in [6, 6.07) is 26.5. The summed E-state index contributed by atoms with van der Waals surface area (Å²) in [5, 5.41) is 12.2. The van der Waals surface area contributed by atoms with Gasteiger partial charge in [0.2, 0.25) is 16.2 Å². The Labute approximate surface area is 232 Å². The number of carbonyl (C=O) groups excluding carboxylic acids is 1. The summed E-state index contributed by atoms with van der Waals surface area (Å²) in [7, 11) is -2.47. The zero-order chi connectivity index (χ0) is 27.3. The maximum Gasteiger partial charge on any atom is 0.246 e. The largest absolute Gasteiger partial charge is 0.351 e. The van der Waals surface area contributed by atoms with Crippen molar-refractivity contribution >= 4 is 32.0 Å². The van der Waals surface area contributed by atoms with Gasteiger partial charge in [-0.25, -0.2) is 0 Å². The number of rotatable bonds is 7. The van der Waals surface area contributed by atoms with Crippen molar-refractivity contribution in [2.24, 2.45) is 5.92 Å². The molecule has 1 amide bonds. The molecule has 8 heteroatoms. The number of ether oxygens (including phenoxy) is 1. The second-order valence-corrected chi connectivity index (χ2v) is 11.0. The summed E-state index contributed by atoms with van der Waals surface area (Å²) < 4.78 is 28.6. The van der Waals surface area contributed by atoms with Crippen molar-refractivity contribution in [3.05, 3.63) is 84.4 Å². The SMILES string of the molecule is O=C(COC(C1CCCCN1)=S(=O)=O)NC(Cc1ccccc1)C1CCCNC1.c1ccc2ccccc2c1. The number of piperidine rings is 2. The van der Waals surface area contributed by atoms with Crippen LogP contribution in [0.2, 0.25) is 0 Å². The molecule has 3 unspecified atom stereocenters. The summed E-state index contributed by atoms with van der Waals surface area (Å²) >= 11 is 0. The number of hydrogen-bond acceptors (Lipinski definition) is 6. The van der Waals surface area contributed by atoms with Crippen LogP contribution in [0, 0.1) is 5.92 Å². The highest BCUT2D eigenvalue weighted by molar-refractivity contribution is 7.72. The van der Waals surface area contributed by atoms with Crippen molar-refractivity contribution in [3.63, 3.8) is 0 Å². The average molecular weight is 550 g/mol. The molecule has 0 aliphatic carbocycles. The molecule has 0 spiro atoms. The van der Waals surface area contributed by atoms with Crippen LogP contribution in [0.1, 0.15) is 37.7 Å². The molecule has 3 aromatic rings. The van der Waals surface area contributed by atoms with Gasteiger partial charge in [-0.2, -0.15) is 8.42 Å². The molecule has 3 atom stereocenters. The second-order valence-electron chi connectivity index (χ2n) is 10.2. The molecule has 2 aliphatic heterocycles. The molecule has 2 fully saturated rings. The number of benzene rings is 3. The first-order valence-electron chi connectivity index (χ1n) is 13.9. The third-order valence-electron chi connectivity index (χ3n) is 7.31. The second kappa shape index (κ2) is 15.5. The van der Waals surface area contributed by atoms with Gasteiger partial charge in [0.25, 0.3) is 0 Å². The molecular formula is C31H39N3O4S. The minimum atomic E-state index is -2.47. The van der Waals surface area contributed by atoms with E-state index >= 15 is 0 Å². The predicted molar refractivity (Wildman–Crippen MR) is 157 cm³/mol.